The maximum atomic E-state index is 5.65. The number of likely N-dealkylation sites (tertiary alicyclic amines) is 1. The van der Waals surface area contributed by atoms with Gasteiger partial charge in [-0.3, -0.25) is 4.90 Å². The second kappa shape index (κ2) is 5.20. The summed E-state index contributed by atoms with van der Waals surface area (Å²) in [6.45, 7) is 7.21. The molecule has 5 nitrogen and oxygen atoms in total. The fourth-order valence-corrected chi connectivity index (χ4v) is 2.34. The third-order valence-electron chi connectivity index (χ3n) is 3.71. The molecule has 0 saturated carbocycles. The van der Waals surface area contributed by atoms with Crippen molar-refractivity contribution in [3.8, 4) is 6.01 Å². The summed E-state index contributed by atoms with van der Waals surface area (Å²) < 4.78 is 10.6. The molecule has 0 spiro atoms. The summed E-state index contributed by atoms with van der Waals surface area (Å²) >= 11 is 0. The van der Waals surface area contributed by atoms with Crippen LogP contribution in [0, 0.1) is 5.92 Å². The van der Waals surface area contributed by atoms with Gasteiger partial charge in [-0.1, -0.05) is 13.8 Å². The van der Waals surface area contributed by atoms with Crippen LogP contribution in [0.3, 0.4) is 0 Å². The molecular weight excluding hydrogens is 230 g/mol. The fraction of sp³-hybridized carbons (Fsp3) is 0.692. The highest BCUT2D eigenvalue weighted by Crippen LogP contribution is 2.32. The molecule has 1 aromatic heterocycles. The predicted octanol–water partition coefficient (Wildman–Crippen LogP) is 1.34. The van der Waals surface area contributed by atoms with E-state index in [9.17, 15) is 0 Å². The number of methoxy groups -OCH3 is 2. The standard InChI is InChI=1S/C13H21N3O2/c1-10(2)13(18-4)8-16(9-13)7-11-5-14-12(17-3)15-6-11/h5-6,10H,7-9H2,1-4H3. The van der Waals surface area contributed by atoms with Crippen molar-refractivity contribution in [2.45, 2.75) is 26.0 Å². The Labute approximate surface area is 108 Å². The number of rotatable bonds is 5. The summed E-state index contributed by atoms with van der Waals surface area (Å²) in [5.74, 6) is 0.533. The molecule has 1 aliphatic heterocycles. The quantitative estimate of drug-likeness (QED) is 0.790. The maximum Gasteiger partial charge on any atom is 0.316 e. The Bertz CT molecular complexity index is 386. The summed E-state index contributed by atoms with van der Waals surface area (Å²) in [4.78, 5) is 10.6. The first-order valence-corrected chi connectivity index (χ1v) is 6.22. The molecule has 0 aliphatic carbocycles. The van der Waals surface area contributed by atoms with Gasteiger partial charge in [0.2, 0.25) is 0 Å². The van der Waals surface area contributed by atoms with Crippen molar-refractivity contribution >= 4 is 0 Å². The second-order valence-electron chi connectivity index (χ2n) is 5.15. The lowest BCUT2D eigenvalue weighted by molar-refractivity contribution is -0.154. The zero-order valence-electron chi connectivity index (χ0n) is 11.5. The van der Waals surface area contributed by atoms with E-state index >= 15 is 0 Å². The first-order valence-electron chi connectivity index (χ1n) is 6.22. The van der Waals surface area contributed by atoms with Crippen LogP contribution >= 0.6 is 0 Å². The van der Waals surface area contributed by atoms with Crippen LogP contribution in [0.4, 0.5) is 0 Å². The summed E-state index contributed by atoms with van der Waals surface area (Å²) in [6.07, 6.45) is 3.63. The number of ether oxygens (including phenoxy) is 2. The molecule has 0 bridgehead atoms. The highest BCUT2D eigenvalue weighted by atomic mass is 16.5. The Morgan fingerprint density at radius 1 is 1.28 bits per heavy atom. The van der Waals surface area contributed by atoms with Gasteiger partial charge in [-0.25, -0.2) is 9.97 Å². The van der Waals surface area contributed by atoms with E-state index in [2.05, 4.69) is 28.7 Å². The zero-order valence-corrected chi connectivity index (χ0v) is 11.5. The van der Waals surface area contributed by atoms with Crippen LogP contribution in [-0.2, 0) is 11.3 Å². The highest BCUT2D eigenvalue weighted by molar-refractivity contribution is 5.10. The van der Waals surface area contributed by atoms with Gasteiger partial charge in [0.1, 0.15) is 0 Å². The molecule has 2 heterocycles. The normalized spacial score (nSPS) is 18.7. The van der Waals surface area contributed by atoms with Gasteiger partial charge in [-0.2, -0.15) is 0 Å². The van der Waals surface area contributed by atoms with E-state index in [1.54, 1.807) is 14.2 Å². The van der Waals surface area contributed by atoms with Gasteiger partial charge in [0.25, 0.3) is 0 Å². The van der Waals surface area contributed by atoms with Gasteiger partial charge in [0.05, 0.1) is 12.7 Å². The van der Waals surface area contributed by atoms with Crippen molar-refractivity contribution in [1.29, 1.82) is 0 Å². The molecule has 1 saturated heterocycles. The Morgan fingerprint density at radius 3 is 2.33 bits per heavy atom. The fourth-order valence-electron chi connectivity index (χ4n) is 2.34. The van der Waals surface area contributed by atoms with Crippen LogP contribution in [0.5, 0.6) is 6.01 Å². The van der Waals surface area contributed by atoms with Crippen LogP contribution in [0.2, 0.25) is 0 Å². The highest BCUT2D eigenvalue weighted by Gasteiger charge is 2.45. The van der Waals surface area contributed by atoms with Crippen molar-refractivity contribution in [2.24, 2.45) is 5.92 Å². The number of hydrogen-bond donors (Lipinski definition) is 0. The first-order chi connectivity index (χ1) is 8.59. The monoisotopic (exact) mass is 251 g/mol. The van der Waals surface area contributed by atoms with E-state index in [-0.39, 0.29) is 5.60 Å². The molecule has 100 valence electrons. The molecule has 0 amide bonds. The Kier molecular flexibility index (Phi) is 3.82. The van der Waals surface area contributed by atoms with Crippen LogP contribution in [0.15, 0.2) is 12.4 Å². The topological polar surface area (TPSA) is 47.5 Å². The minimum atomic E-state index is 0.0212. The first kappa shape index (κ1) is 13.2. The third-order valence-corrected chi connectivity index (χ3v) is 3.71. The Hall–Kier alpha value is -1.20. The lowest BCUT2D eigenvalue weighted by Gasteiger charge is -2.51. The summed E-state index contributed by atoms with van der Waals surface area (Å²) in [5, 5.41) is 0. The van der Waals surface area contributed by atoms with E-state index in [1.165, 1.54) is 0 Å². The van der Waals surface area contributed by atoms with Crippen LogP contribution < -0.4 is 4.74 Å². The van der Waals surface area contributed by atoms with Gasteiger partial charge in [0, 0.05) is 44.7 Å². The number of aromatic nitrogens is 2. The minimum absolute atomic E-state index is 0.0212. The Morgan fingerprint density at radius 2 is 1.89 bits per heavy atom. The van der Waals surface area contributed by atoms with Crippen molar-refractivity contribution in [3.05, 3.63) is 18.0 Å². The predicted molar refractivity (Wildman–Crippen MR) is 68.4 cm³/mol. The minimum Gasteiger partial charge on any atom is -0.467 e. The average molecular weight is 251 g/mol. The van der Waals surface area contributed by atoms with Gasteiger partial charge in [-0.05, 0) is 5.92 Å². The molecule has 5 heteroatoms. The van der Waals surface area contributed by atoms with Crippen molar-refractivity contribution in [1.82, 2.24) is 14.9 Å². The van der Waals surface area contributed by atoms with Crippen molar-refractivity contribution in [3.63, 3.8) is 0 Å². The van der Waals surface area contributed by atoms with E-state index in [1.807, 2.05) is 12.4 Å². The summed E-state index contributed by atoms with van der Waals surface area (Å²) in [5.41, 5.74) is 1.12. The van der Waals surface area contributed by atoms with Gasteiger partial charge < -0.3 is 9.47 Å². The molecule has 1 fully saturated rings. The average Bonchev–Trinajstić information content (AvgIpc) is 2.33. The van der Waals surface area contributed by atoms with Crippen molar-refractivity contribution < 1.29 is 9.47 Å². The van der Waals surface area contributed by atoms with Gasteiger partial charge in [0.15, 0.2) is 0 Å². The SMILES string of the molecule is COc1ncc(CN2CC(OC)(C(C)C)C2)cn1. The Balaban J connectivity index is 1.89. The third kappa shape index (κ3) is 2.47. The molecular formula is C13H21N3O2. The molecule has 0 N–H and O–H groups in total. The van der Waals surface area contributed by atoms with Gasteiger partial charge >= 0.3 is 6.01 Å². The van der Waals surface area contributed by atoms with Crippen LogP contribution in [0.1, 0.15) is 19.4 Å². The van der Waals surface area contributed by atoms with E-state index in [0.29, 0.717) is 11.9 Å². The van der Waals surface area contributed by atoms with E-state index in [0.717, 1.165) is 25.2 Å². The van der Waals surface area contributed by atoms with Crippen LogP contribution in [-0.4, -0.2) is 47.8 Å². The maximum absolute atomic E-state index is 5.65. The van der Waals surface area contributed by atoms with Crippen molar-refractivity contribution in [2.75, 3.05) is 27.3 Å². The second-order valence-corrected chi connectivity index (χ2v) is 5.15. The molecule has 1 aliphatic rings. The van der Waals surface area contributed by atoms with Crippen LogP contribution in [0.25, 0.3) is 0 Å². The van der Waals surface area contributed by atoms with Gasteiger partial charge in [-0.15, -0.1) is 0 Å². The molecule has 2 rings (SSSR count). The lowest BCUT2D eigenvalue weighted by Crippen LogP contribution is -2.64. The summed E-state index contributed by atoms with van der Waals surface area (Å²) in [6, 6.07) is 0.413. The number of nitrogens with zero attached hydrogens (tertiary/aromatic N) is 3. The largest absolute Gasteiger partial charge is 0.467 e. The smallest absolute Gasteiger partial charge is 0.316 e. The summed E-state index contributed by atoms with van der Waals surface area (Å²) in [7, 11) is 3.37. The molecule has 18 heavy (non-hydrogen) atoms. The van der Waals surface area contributed by atoms with E-state index < -0.39 is 0 Å². The van der Waals surface area contributed by atoms with E-state index in [4.69, 9.17) is 9.47 Å². The molecule has 1 aromatic rings. The molecule has 0 radical (unpaired) electrons. The molecule has 0 atom stereocenters. The lowest BCUT2D eigenvalue weighted by atomic mass is 9.82. The number of hydrogen-bond acceptors (Lipinski definition) is 5. The molecule has 0 aromatic carbocycles. The zero-order chi connectivity index (χ0) is 13.2. The molecule has 0 unspecified atom stereocenters.